The van der Waals surface area contributed by atoms with Crippen molar-refractivity contribution in [3.8, 4) is 11.5 Å². The first-order chi connectivity index (χ1) is 15.7. The number of anilines is 1. The average molecular weight is 456 g/mol. The zero-order valence-corrected chi connectivity index (χ0v) is 17.5. The van der Waals surface area contributed by atoms with E-state index in [1.54, 1.807) is 42.2 Å². The minimum absolute atomic E-state index is 0.0203. The first-order valence-corrected chi connectivity index (χ1v) is 10.0. The number of hydrogen-bond donors (Lipinski definition) is 2. The van der Waals surface area contributed by atoms with Gasteiger partial charge in [0.25, 0.3) is 5.91 Å². The Bertz CT molecular complexity index is 1240. The van der Waals surface area contributed by atoms with Gasteiger partial charge in [-0.1, -0.05) is 12.1 Å². The van der Waals surface area contributed by atoms with Gasteiger partial charge in [-0.05, 0) is 42.3 Å². The van der Waals surface area contributed by atoms with Crippen molar-refractivity contribution in [2.24, 2.45) is 0 Å². The van der Waals surface area contributed by atoms with Crippen molar-refractivity contribution in [2.45, 2.75) is 19.9 Å². The lowest BCUT2D eigenvalue weighted by Gasteiger charge is -2.31. The lowest BCUT2D eigenvalue weighted by molar-refractivity contribution is -0.136. The number of carboxylic acid groups (broad SMARTS) is 1. The number of carbonyl (C=O) groups excluding carboxylic acids is 1. The molecule has 33 heavy (non-hydrogen) atoms. The van der Waals surface area contributed by atoms with E-state index < -0.39 is 23.4 Å². The number of carbonyl (C=O) groups is 2. The Balaban J connectivity index is 1.59. The summed E-state index contributed by atoms with van der Waals surface area (Å²) < 4.78 is 47.3. The van der Waals surface area contributed by atoms with Crippen LogP contribution in [0.15, 0.2) is 48.5 Å². The maximum atomic E-state index is 14.1. The van der Waals surface area contributed by atoms with Crippen molar-refractivity contribution in [1.82, 2.24) is 5.32 Å². The van der Waals surface area contributed by atoms with E-state index in [9.17, 15) is 22.8 Å². The van der Waals surface area contributed by atoms with Crippen LogP contribution in [-0.4, -0.2) is 23.7 Å². The van der Waals surface area contributed by atoms with E-state index >= 15 is 0 Å². The van der Waals surface area contributed by atoms with Crippen molar-refractivity contribution < 1.29 is 32.6 Å². The highest BCUT2D eigenvalue weighted by molar-refractivity contribution is 6.02. The predicted molar refractivity (Wildman–Crippen MR) is 114 cm³/mol. The molecule has 0 atom stereocenters. The molecule has 1 aliphatic rings. The smallest absolute Gasteiger partial charge is 0.307 e. The molecule has 0 radical (unpaired) electrons. The van der Waals surface area contributed by atoms with Crippen LogP contribution in [0.5, 0.6) is 11.5 Å². The van der Waals surface area contributed by atoms with Crippen LogP contribution in [0.25, 0.3) is 0 Å². The summed E-state index contributed by atoms with van der Waals surface area (Å²) in [4.78, 5) is 24.9. The van der Waals surface area contributed by atoms with E-state index in [0.717, 1.165) is 5.56 Å². The molecule has 0 fully saturated rings. The van der Waals surface area contributed by atoms with Gasteiger partial charge in [-0.15, -0.1) is 0 Å². The van der Waals surface area contributed by atoms with Crippen LogP contribution in [0, 0.1) is 24.4 Å². The van der Waals surface area contributed by atoms with Gasteiger partial charge in [-0.25, -0.2) is 13.2 Å². The van der Waals surface area contributed by atoms with Gasteiger partial charge in [0.15, 0.2) is 0 Å². The Kier molecular flexibility index (Phi) is 5.95. The second-order valence-electron chi connectivity index (χ2n) is 7.66. The number of aryl methyl sites for hydroxylation is 1. The maximum absolute atomic E-state index is 14.1. The van der Waals surface area contributed by atoms with E-state index in [-0.39, 0.29) is 36.7 Å². The summed E-state index contributed by atoms with van der Waals surface area (Å²) in [5.74, 6) is -3.48. The second-order valence-corrected chi connectivity index (χ2v) is 7.66. The van der Waals surface area contributed by atoms with Crippen molar-refractivity contribution in [3.05, 3.63) is 88.2 Å². The third-order valence-electron chi connectivity index (χ3n) is 5.26. The molecule has 0 saturated carbocycles. The van der Waals surface area contributed by atoms with Crippen LogP contribution < -0.4 is 15.0 Å². The number of amides is 1. The fourth-order valence-corrected chi connectivity index (χ4v) is 3.68. The van der Waals surface area contributed by atoms with Crippen LogP contribution in [0.1, 0.15) is 27.0 Å². The number of halogens is 3. The van der Waals surface area contributed by atoms with Gasteiger partial charge in [0, 0.05) is 17.7 Å². The number of fused-ring (bicyclic) bond motifs is 1. The number of nitrogens with one attached hydrogen (secondary N) is 1. The van der Waals surface area contributed by atoms with Crippen molar-refractivity contribution in [1.29, 1.82) is 0 Å². The average Bonchev–Trinajstić information content (AvgIpc) is 2.74. The van der Waals surface area contributed by atoms with E-state index in [0.29, 0.717) is 34.9 Å². The minimum Gasteiger partial charge on any atom is -0.481 e. The first kappa shape index (κ1) is 22.2. The van der Waals surface area contributed by atoms with Gasteiger partial charge >= 0.3 is 5.97 Å². The normalized spacial score (nSPS) is 12.8. The van der Waals surface area contributed by atoms with E-state index in [4.69, 9.17) is 9.84 Å². The summed E-state index contributed by atoms with van der Waals surface area (Å²) in [6.45, 7) is 1.58. The van der Waals surface area contributed by atoms with Gasteiger partial charge in [0.05, 0.1) is 30.9 Å². The number of ether oxygens (including phenoxy) is 1. The SMILES string of the molecule is Cc1cc(CC(=O)O)ccc1Oc1ccc2c(c1)C(=O)NCN2Cc1c(F)cc(F)cc1F. The predicted octanol–water partition coefficient (Wildman–Crippen LogP) is 4.54. The highest BCUT2D eigenvalue weighted by atomic mass is 19.1. The molecule has 2 N–H and O–H groups in total. The molecule has 1 amide bonds. The van der Waals surface area contributed by atoms with Gasteiger partial charge in [-0.3, -0.25) is 9.59 Å². The molecule has 6 nitrogen and oxygen atoms in total. The van der Waals surface area contributed by atoms with Crippen LogP contribution >= 0.6 is 0 Å². The summed E-state index contributed by atoms with van der Waals surface area (Å²) >= 11 is 0. The zero-order valence-electron chi connectivity index (χ0n) is 17.5. The molecule has 0 aliphatic carbocycles. The molecule has 0 bridgehead atoms. The molecule has 1 aliphatic heterocycles. The minimum atomic E-state index is -1.01. The molecule has 3 aromatic rings. The molecule has 9 heteroatoms. The molecule has 3 aromatic carbocycles. The molecular weight excluding hydrogens is 437 g/mol. The lowest BCUT2D eigenvalue weighted by Crippen LogP contribution is -2.43. The van der Waals surface area contributed by atoms with Crippen molar-refractivity contribution in [3.63, 3.8) is 0 Å². The number of nitrogens with zero attached hydrogens (tertiary/aromatic N) is 1. The zero-order chi connectivity index (χ0) is 23.7. The molecule has 170 valence electrons. The Morgan fingerprint density at radius 2 is 1.82 bits per heavy atom. The van der Waals surface area contributed by atoms with E-state index in [2.05, 4.69) is 5.32 Å². The molecule has 0 saturated heterocycles. The maximum Gasteiger partial charge on any atom is 0.307 e. The standard InChI is InChI=1S/C24H19F3N2O4/c1-13-6-14(7-23(30)31)2-5-22(13)33-16-3-4-21-17(10-16)24(32)28-12-29(21)11-18-19(26)8-15(25)9-20(18)27/h2-6,8-10H,7,11-12H2,1H3,(H,28,32)(H,30,31). The quantitative estimate of drug-likeness (QED) is 0.570. The number of carboxylic acids is 1. The summed E-state index contributed by atoms with van der Waals surface area (Å²) in [7, 11) is 0. The Morgan fingerprint density at radius 1 is 1.09 bits per heavy atom. The molecule has 0 spiro atoms. The molecule has 4 rings (SSSR count). The van der Waals surface area contributed by atoms with Crippen molar-refractivity contribution >= 4 is 17.6 Å². The fourth-order valence-electron chi connectivity index (χ4n) is 3.68. The third-order valence-corrected chi connectivity index (χ3v) is 5.26. The molecule has 1 heterocycles. The first-order valence-electron chi connectivity index (χ1n) is 10.0. The Hall–Kier alpha value is -4.01. The van der Waals surface area contributed by atoms with Crippen LogP contribution in [-0.2, 0) is 17.8 Å². The number of benzene rings is 3. The molecule has 0 aromatic heterocycles. The van der Waals surface area contributed by atoms with Gasteiger partial charge < -0.3 is 20.1 Å². The van der Waals surface area contributed by atoms with Gasteiger partial charge in [0.2, 0.25) is 0 Å². The summed E-state index contributed by atoms with van der Waals surface area (Å²) in [6, 6.07) is 11.0. The monoisotopic (exact) mass is 456 g/mol. The summed E-state index contributed by atoms with van der Waals surface area (Å²) in [5, 5.41) is 11.6. The fraction of sp³-hybridized carbons (Fsp3) is 0.167. The third kappa shape index (κ3) is 4.77. The number of hydrogen-bond acceptors (Lipinski definition) is 4. The summed E-state index contributed by atoms with van der Waals surface area (Å²) in [5.41, 5.74) is 1.74. The number of rotatable bonds is 6. The van der Waals surface area contributed by atoms with Crippen LogP contribution in [0.2, 0.25) is 0 Å². The van der Waals surface area contributed by atoms with Crippen LogP contribution in [0.3, 0.4) is 0 Å². The highest BCUT2D eigenvalue weighted by Crippen LogP contribution is 2.33. The molecular formula is C24H19F3N2O4. The Labute approximate surface area is 187 Å². The topological polar surface area (TPSA) is 78.9 Å². The van der Waals surface area contributed by atoms with Gasteiger partial charge in [-0.2, -0.15) is 0 Å². The van der Waals surface area contributed by atoms with Gasteiger partial charge in [0.1, 0.15) is 29.0 Å². The second kappa shape index (κ2) is 8.85. The van der Waals surface area contributed by atoms with E-state index in [1.807, 2.05) is 0 Å². The van der Waals surface area contributed by atoms with Crippen molar-refractivity contribution in [2.75, 3.05) is 11.6 Å². The Morgan fingerprint density at radius 3 is 2.48 bits per heavy atom. The highest BCUT2D eigenvalue weighted by Gasteiger charge is 2.25. The largest absolute Gasteiger partial charge is 0.481 e. The molecule has 0 unspecified atom stereocenters. The summed E-state index contributed by atoms with van der Waals surface area (Å²) in [6.07, 6.45) is -0.106. The lowest BCUT2D eigenvalue weighted by atomic mass is 10.1. The number of aliphatic carboxylic acids is 1. The van der Waals surface area contributed by atoms with E-state index in [1.165, 1.54) is 6.07 Å². The van der Waals surface area contributed by atoms with Crippen LogP contribution in [0.4, 0.5) is 18.9 Å².